The molecule has 1 fully saturated rings. The standard InChI is InChI=1S/C20H28N6O2S/c1-11(2)22-18(27)15-9-21-20(25(5)6)24-16(15)14-7-8-26(10-14)19(28)17-12(3)23-13(4)29-17/h9,11,14H,7-8,10H2,1-6H3,(H,22,27). The normalized spacial score (nSPS) is 16.4. The van der Waals surface area contributed by atoms with Crippen molar-refractivity contribution in [3.8, 4) is 0 Å². The molecule has 1 N–H and O–H groups in total. The van der Waals surface area contributed by atoms with Gasteiger partial charge in [-0.05, 0) is 34.1 Å². The number of nitrogens with zero attached hydrogens (tertiary/aromatic N) is 5. The molecule has 1 aliphatic heterocycles. The molecule has 2 aromatic heterocycles. The highest BCUT2D eigenvalue weighted by atomic mass is 32.1. The summed E-state index contributed by atoms with van der Waals surface area (Å²) in [6.45, 7) is 8.77. The summed E-state index contributed by atoms with van der Waals surface area (Å²) in [5.41, 5.74) is 1.96. The topological polar surface area (TPSA) is 91.3 Å². The van der Waals surface area contributed by atoms with Gasteiger partial charge in [0.05, 0.1) is 22.0 Å². The Morgan fingerprint density at radius 1 is 1.28 bits per heavy atom. The van der Waals surface area contributed by atoms with Gasteiger partial charge in [-0.15, -0.1) is 11.3 Å². The maximum absolute atomic E-state index is 13.0. The van der Waals surface area contributed by atoms with Gasteiger partial charge in [-0.25, -0.2) is 15.0 Å². The first-order valence-corrected chi connectivity index (χ1v) is 10.6. The number of aryl methyl sites for hydroxylation is 2. The minimum absolute atomic E-state index is 0.00525. The lowest BCUT2D eigenvalue weighted by atomic mass is 9.99. The molecule has 0 spiro atoms. The number of carbonyl (C=O) groups is 2. The molecular weight excluding hydrogens is 388 g/mol. The Morgan fingerprint density at radius 2 is 2.00 bits per heavy atom. The molecule has 3 rings (SSSR count). The van der Waals surface area contributed by atoms with Crippen molar-refractivity contribution in [3.05, 3.63) is 33.0 Å². The predicted octanol–water partition coefficient (Wildman–Crippen LogP) is 2.38. The van der Waals surface area contributed by atoms with Crippen LogP contribution < -0.4 is 10.2 Å². The largest absolute Gasteiger partial charge is 0.350 e. The monoisotopic (exact) mass is 416 g/mol. The lowest BCUT2D eigenvalue weighted by Crippen LogP contribution is -2.32. The Balaban J connectivity index is 1.87. The van der Waals surface area contributed by atoms with Gasteiger partial charge in [-0.1, -0.05) is 0 Å². The van der Waals surface area contributed by atoms with Crippen LogP contribution >= 0.6 is 11.3 Å². The lowest BCUT2D eigenvalue weighted by molar-refractivity contribution is 0.0794. The Kier molecular flexibility index (Phi) is 6.16. The van der Waals surface area contributed by atoms with Crippen molar-refractivity contribution in [1.82, 2.24) is 25.2 Å². The number of anilines is 1. The van der Waals surface area contributed by atoms with Crippen LogP contribution in [0, 0.1) is 13.8 Å². The Hall–Kier alpha value is -2.55. The summed E-state index contributed by atoms with van der Waals surface area (Å²) < 4.78 is 0. The molecule has 8 nitrogen and oxygen atoms in total. The van der Waals surface area contributed by atoms with Crippen molar-refractivity contribution < 1.29 is 9.59 Å². The van der Waals surface area contributed by atoms with Crippen LogP contribution in [0.1, 0.15) is 62.6 Å². The Labute approximate surface area is 175 Å². The number of nitrogens with one attached hydrogen (secondary N) is 1. The zero-order chi connectivity index (χ0) is 21.3. The number of likely N-dealkylation sites (tertiary alicyclic amines) is 1. The fraction of sp³-hybridized carbons (Fsp3) is 0.550. The zero-order valence-corrected chi connectivity index (χ0v) is 18.6. The molecule has 0 saturated carbocycles. The second-order valence-corrected chi connectivity index (χ2v) is 9.08. The van der Waals surface area contributed by atoms with Crippen molar-refractivity contribution in [1.29, 1.82) is 0 Å². The van der Waals surface area contributed by atoms with Crippen LogP contribution in [0.4, 0.5) is 5.95 Å². The Morgan fingerprint density at radius 3 is 2.59 bits per heavy atom. The molecule has 0 aromatic carbocycles. The molecule has 1 atom stereocenters. The van der Waals surface area contributed by atoms with E-state index in [4.69, 9.17) is 0 Å². The van der Waals surface area contributed by atoms with Crippen LogP contribution in [0.25, 0.3) is 0 Å². The molecular formula is C20H28N6O2S. The van der Waals surface area contributed by atoms with Crippen molar-refractivity contribution in [2.45, 2.75) is 46.1 Å². The van der Waals surface area contributed by atoms with E-state index >= 15 is 0 Å². The number of rotatable bonds is 5. The molecule has 29 heavy (non-hydrogen) atoms. The predicted molar refractivity (Wildman–Crippen MR) is 114 cm³/mol. The van der Waals surface area contributed by atoms with Gasteiger partial charge in [0, 0.05) is 45.3 Å². The van der Waals surface area contributed by atoms with Crippen LogP contribution in [0.15, 0.2) is 6.20 Å². The van der Waals surface area contributed by atoms with Crippen molar-refractivity contribution in [3.63, 3.8) is 0 Å². The second-order valence-electron chi connectivity index (χ2n) is 7.88. The van der Waals surface area contributed by atoms with E-state index in [1.165, 1.54) is 11.3 Å². The van der Waals surface area contributed by atoms with Gasteiger partial charge < -0.3 is 15.1 Å². The van der Waals surface area contributed by atoms with Gasteiger partial charge in [0.2, 0.25) is 5.95 Å². The molecule has 0 aliphatic carbocycles. The third-order valence-corrected chi connectivity index (χ3v) is 5.89. The quantitative estimate of drug-likeness (QED) is 0.805. The van der Waals surface area contributed by atoms with Crippen LogP contribution in [0.5, 0.6) is 0 Å². The summed E-state index contributed by atoms with van der Waals surface area (Å²) in [7, 11) is 3.73. The van der Waals surface area contributed by atoms with Crippen molar-refractivity contribution >= 4 is 29.1 Å². The van der Waals surface area contributed by atoms with Gasteiger partial charge in [-0.2, -0.15) is 0 Å². The first kappa shape index (κ1) is 21.2. The van der Waals surface area contributed by atoms with Crippen LogP contribution in [-0.2, 0) is 0 Å². The molecule has 2 amide bonds. The van der Waals surface area contributed by atoms with Gasteiger partial charge in [0.15, 0.2) is 0 Å². The average Bonchev–Trinajstić information content (AvgIpc) is 3.26. The number of amides is 2. The highest BCUT2D eigenvalue weighted by Gasteiger charge is 2.33. The fourth-order valence-electron chi connectivity index (χ4n) is 3.47. The van der Waals surface area contributed by atoms with E-state index in [2.05, 4.69) is 20.3 Å². The SMILES string of the molecule is Cc1nc(C)c(C(=O)N2CCC(c3nc(N(C)C)ncc3C(=O)NC(C)C)C2)s1. The summed E-state index contributed by atoms with van der Waals surface area (Å²) in [5, 5.41) is 3.81. The minimum atomic E-state index is -0.181. The number of carbonyl (C=O) groups excluding carboxylic acids is 2. The molecule has 0 bridgehead atoms. The summed E-state index contributed by atoms with van der Waals surface area (Å²) in [6.07, 6.45) is 2.35. The first-order valence-electron chi connectivity index (χ1n) is 9.75. The van der Waals surface area contributed by atoms with E-state index < -0.39 is 0 Å². The van der Waals surface area contributed by atoms with E-state index in [-0.39, 0.29) is 23.8 Å². The summed E-state index contributed by atoms with van der Waals surface area (Å²) >= 11 is 1.43. The summed E-state index contributed by atoms with van der Waals surface area (Å²) in [6, 6.07) is 0.0167. The van der Waals surface area contributed by atoms with E-state index in [9.17, 15) is 9.59 Å². The number of thiazole rings is 1. The molecule has 1 saturated heterocycles. The molecule has 156 valence electrons. The molecule has 9 heteroatoms. The van der Waals surface area contributed by atoms with Crippen LogP contribution in [0.2, 0.25) is 0 Å². The molecule has 1 unspecified atom stereocenters. The maximum Gasteiger partial charge on any atom is 0.265 e. The third kappa shape index (κ3) is 4.55. The Bertz CT molecular complexity index is 924. The van der Waals surface area contributed by atoms with E-state index in [0.717, 1.165) is 17.1 Å². The average molecular weight is 417 g/mol. The fourth-order valence-corrected chi connectivity index (χ4v) is 4.36. The minimum Gasteiger partial charge on any atom is -0.350 e. The maximum atomic E-state index is 13.0. The molecule has 0 radical (unpaired) electrons. The van der Waals surface area contributed by atoms with Gasteiger partial charge in [-0.3, -0.25) is 9.59 Å². The van der Waals surface area contributed by atoms with Gasteiger partial charge >= 0.3 is 0 Å². The molecule has 2 aromatic rings. The first-order chi connectivity index (χ1) is 13.7. The van der Waals surface area contributed by atoms with Crippen molar-refractivity contribution in [2.24, 2.45) is 0 Å². The van der Waals surface area contributed by atoms with Crippen molar-refractivity contribution in [2.75, 3.05) is 32.1 Å². The summed E-state index contributed by atoms with van der Waals surface area (Å²) in [5.74, 6) is 0.368. The van der Waals surface area contributed by atoms with E-state index in [1.807, 2.05) is 51.6 Å². The second kappa shape index (κ2) is 8.44. The zero-order valence-electron chi connectivity index (χ0n) is 17.8. The van der Waals surface area contributed by atoms with Crippen LogP contribution in [0.3, 0.4) is 0 Å². The number of hydrogen-bond donors (Lipinski definition) is 1. The van der Waals surface area contributed by atoms with Gasteiger partial charge in [0.25, 0.3) is 11.8 Å². The molecule has 1 aliphatic rings. The van der Waals surface area contributed by atoms with Crippen LogP contribution in [-0.4, -0.2) is 64.9 Å². The number of aromatic nitrogens is 3. The van der Waals surface area contributed by atoms with E-state index in [1.54, 1.807) is 6.20 Å². The third-order valence-electron chi connectivity index (χ3n) is 4.83. The van der Waals surface area contributed by atoms with Gasteiger partial charge in [0.1, 0.15) is 4.88 Å². The summed E-state index contributed by atoms with van der Waals surface area (Å²) in [4.78, 5) is 43.4. The smallest absolute Gasteiger partial charge is 0.265 e. The number of hydrogen-bond acceptors (Lipinski definition) is 7. The van der Waals surface area contributed by atoms with E-state index in [0.29, 0.717) is 35.2 Å². The highest BCUT2D eigenvalue weighted by molar-refractivity contribution is 7.13. The highest BCUT2D eigenvalue weighted by Crippen LogP contribution is 2.31. The lowest BCUT2D eigenvalue weighted by Gasteiger charge is -2.19. The molecule has 3 heterocycles.